The summed E-state index contributed by atoms with van der Waals surface area (Å²) >= 11 is 0. The summed E-state index contributed by atoms with van der Waals surface area (Å²) in [4.78, 5) is 18.7. The van der Waals surface area contributed by atoms with Crippen molar-refractivity contribution in [2.24, 2.45) is 5.92 Å². The number of carbonyl (C=O) groups excluding carboxylic acids is 1. The molecule has 1 saturated heterocycles. The smallest absolute Gasteiger partial charge is 0.247 e. The molecule has 7 heteroatoms. The molecule has 1 aromatic heterocycles. The SMILES string of the molecule is CC(C)C(C(=O)N1CCOC(c2ccc(F)cc2)C1)n1cncn1. The summed E-state index contributed by atoms with van der Waals surface area (Å²) in [5.74, 6) is -0.189. The molecule has 1 amide bonds. The number of halogens is 1. The van der Waals surface area contributed by atoms with Gasteiger partial charge in [-0.2, -0.15) is 5.10 Å². The summed E-state index contributed by atoms with van der Waals surface area (Å²) < 4.78 is 20.5. The Morgan fingerprint density at radius 1 is 1.33 bits per heavy atom. The highest BCUT2D eigenvalue weighted by Gasteiger charge is 2.33. The number of ether oxygens (including phenoxy) is 1. The van der Waals surface area contributed by atoms with E-state index < -0.39 is 0 Å². The van der Waals surface area contributed by atoms with Crippen LogP contribution in [0.5, 0.6) is 0 Å². The number of amides is 1. The monoisotopic (exact) mass is 332 g/mol. The lowest BCUT2D eigenvalue weighted by atomic mass is 10.0. The fourth-order valence-electron chi connectivity index (χ4n) is 2.98. The molecule has 1 aromatic carbocycles. The molecule has 24 heavy (non-hydrogen) atoms. The van der Waals surface area contributed by atoms with Crippen LogP contribution in [0.25, 0.3) is 0 Å². The Bertz CT molecular complexity index is 672. The van der Waals surface area contributed by atoms with Crippen molar-refractivity contribution in [3.8, 4) is 0 Å². The third kappa shape index (κ3) is 3.46. The van der Waals surface area contributed by atoms with Crippen LogP contribution in [0.4, 0.5) is 4.39 Å². The van der Waals surface area contributed by atoms with E-state index in [-0.39, 0.29) is 29.8 Å². The van der Waals surface area contributed by atoms with Crippen molar-refractivity contribution >= 4 is 5.91 Å². The van der Waals surface area contributed by atoms with E-state index in [0.717, 1.165) is 5.56 Å². The fraction of sp³-hybridized carbons (Fsp3) is 0.471. The Kier molecular flexibility index (Phi) is 4.89. The molecule has 2 atom stereocenters. The van der Waals surface area contributed by atoms with Crippen molar-refractivity contribution in [1.29, 1.82) is 0 Å². The number of benzene rings is 1. The second kappa shape index (κ2) is 7.09. The Morgan fingerprint density at radius 3 is 2.71 bits per heavy atom. The minimum atomic E-state index is -0.389. The lowest BCUT2D eigenvalue weighted by Gasteiger charge is -2.36. The molecule has 3 rings (SSSR count). The first-order valence-electron chi connectivity index (χ1n) is 8.06. The number of hydrogen-bond acceptors (Lipinski definition) is 4. The van der Waals surface area contributed by atoms with Gasteiger partial charge in [0.05, 0.1) is 13.2 Å². The molecule has 128 valence electrons. The first kappa shape index (κ1) is 16.6. The van der Waals surface area contributed by atoms with Gasteiger partial charge in [-0.3, -0.25) is 4.79 Å². The van der Waals surface area contributed by atoms with Gasteiger partial charge >= 0.3 is 0 Å². The molecule has 1 aliphatic rings. The minimum absolute atomic E-state index is 0.00547. The molecule has 1 aliphatic heterocycles. The first-order valence-corrected chi connectivity index (χ1v) is 8.06. The lowest BCUT2D eigenvalue weighted by Crippen LogP contribution is -2.46. The van der Waals surface area contributed by atoms with Crippen LogP contribution >= 0.6 is 0 Å². The average Bonchev–Trinajstić information content (AvgIpc) is 3.09. The van der Waals surface area contributed by atoms with Crippen molar-refractivity contribution in [2.75, 3.05) is 19.7 Å². The number of hydrogen-bond donors (Lipinski definition) is 0. The van der Waals surface area contributed by atoms with Crippen molar-refractivity contribution in [2.45, 2.75) is 26.0 Å². The summed E-state index contributed by atoms with van der Waals surface area (Å²) in [5.41, 5.74) is 0.871. The van der Waals surface area contributed by atoms with E-state index in [4.69, 9.17) is 4.74 Å². The molecule has 6 nitrogen and oxygen atoms in total. The second-order valence-corrected chi connectivity index (χ2v) is 6.26. The van der Waals surface area contributed by atoms with Gasteiger partial charge in [0.25, 0.3) is 0 Å². The van der Waals surface area contributed by atoms with Gasteiger partial charge in [-0.15, -0.1) is 0 Å². The van der Waals surface area contributed by atoms with E-state index in [9.17, 15) is 9.18 Å². The normalized spacial score (nSPS) is 19.5. The zero-order chi connectivity index (χ0) is 17.1. The largest absolute Gasteiger partial charge is 0.370 e. The molecule has 2 aromatic rings. The Morgan fingerprint density at radius 2 is 2.08 bits per heavy atom. The van der Waals surface area contributed by atoms with E-state index in [1.165, 1.54) is 18.5 Å². The van der Waals surface area contributed by atoms with Crippen LogP contribution in [0.3, 0.4) is 0 Å². The third-order valence-corrected chi connectivity index (χ3v) is 4.23. The van der Waals surface area contributed by atoms with Crippen molar-refractivity contribution in [3.05, 3.63) is 48.3 Å². The predicted molar refractivity (Wildman–Crippen MR) is 85.6 cm³/mol. The Balaban J connectivity index is 1.76. The maximum Gasteiger partial charge on any atom is 0.247 e. The number of nitrogens with zero attached hydrogens (tertiary/aromatic N) is 4. The van der Waals surface area contributed by atoms with Gasteiger partial charge in [0.15, 0.2) is 0 Å². The molecular weight excluding hydrogens is 311 g/mol. The number of aromatic nitrogens is 3. The second-order valence-electron chi connectivity index (χ2n) is 6.26. The molecule has 0 N–H and O–H groups in total. The Labute approximate surface area is 140 Å². The molecular formula is C17H21FN4O2. The van der Waals surface area contributed by atoms with Crippen LogP contribution in [0.1, 0.15) is 31.6 Å². The average molecular weight is 332 g/mol. The molecule has 1 fully saturated rings. The summed E-state index contributed by atoms with van der Waals surface area (Å²) in [6.07, 6.45) is 2.76. The van der Waals surface area contributed by atoms with E-state index in [1.807, 2.05) is 13.8 Å². The zero-order valence-electron chi connectivity index (χ0n) is 13.8. The fourth-order valence-corrected chi connectivity index (χ4v) is 2.98. The maximum atomic E-state index is 13.1. The summed E-state index contributed by atoms with van der Waals surface area (Å²) in [6.45, 7) is 5.41. The van der Waals surface area contributed by atoms with Gasteiger partial charge in [0, 0.05) is 6.54 Å². The standard InChI is InChI=1S/C17H21FN4O2/c1-12(2)16(22-11-19-10-20-22)17(23)21-7-8-24-15(9-21)13-3-5-14(18)6-4-13/h3-6,10-12,15-16H,7-9H2,1-2H3. The van der Waals surface area contributed by atoms with Crippen LogP contribution in [-0.2, 0) is 9.53 Å². The van der Waals surface area contributed by atoms with Crippen LogP contribution in [-0.4, -0.2) is 45.3 Å². The van der Waals surface area contributed by atoms with Gasteiger partial charge in [-0.25, -0.2) is 14.1 Å². The highest BCUT2D eigenvalue weighted by molar-refractivity contribution is 5.80. The highest BCUT2D eigenvalue weighted by atomic mass is 19.1. The first-order chi connectivity index (χ1) is 11.6. The molecule has 2 heterocycles. The van der Waals surface area contributed by atoms with E-state index >= 15 is 0 Å². The maximum absolute atomic E-state index is 13.1. The zero-order valence-corrected chi connectivity index (χ0v) is 13.8. The van der Waals surface area contributed by atoms with Crippen LogP contribution in [0, 0.1) is 11.7 Å². The molecule has 2 unspecified atom stereocenters. The van der Waals surface area contributed by atoms with Gasteiger partial charge < -0.3 is 9.64 Å². The molecule has 0 spiro atoms. The lowest BCUT2D eigenvalue weighted by molar-refractivity contribution is -0.144. The van der Waals surface area contributed by atoms with Crippen molar-refractivity contribution < 1.29 is 13.9 Å². The minimum Gasteiger partial charge on any atom is -0.370 e. The van der Waals surface area contributed by atoms with Gasteiger partial charge in [0.2, 0.25) is 5.91 Å². The van der Waals surface area contributed by atoms with Crippen LogP contribution in [0.2, 0.25) is 0 Å². The van der Waals surface area contributed by atoms with Gasteiger partial charge in [-0.1, -0.05) is 26.0 Å². The van der Waals surface area contributed by atoms with E-state index in [0.29, 0.717) is 19.7 Å². The molecule has 0 radical (unpaired) electrons. The van der Waals surface area contributed by atoms with Crippen LogP contribution in [0.15, 0.2) is 36.9 Å². The number of morpholine rings is 1. The highest BCUT2D eigenvalue weighted by Crippen LogP contribution is 2.26. The Hall–Kier alpha value is -2.28. The number of carbonyl (C=O) groups is 1. The number of rotatable bonds is 4. The topological polar surface area (TPSA) is 60.2 Å². The summed E-state index contributed by atoms with van der Waals surface area (Å²) in [7, 11) is 0. The van der Waals surface area contributed by atoms with E-state index in [1.54, 1.807) is 28.0 Å². The quantitative estimate of drug-likeness (QED) is 0.861. The molecule has 0 bridgehead atoms. The summed E-state index contributed by atoms with van der Waals surface area (Å²) in [6, 6.07) is 5.83. The van der Waals surface area contributed by atoms with Gasteiger partial charge in [-0.05, 0) is 23.6 Å². The predicted octanol–water partition coefficient (Wildman–Crippen LogP) is 2.21. The molecule has 0 aliphatic carbocycles. The summed E-state index contributed by atoms with van der Waals surface area (Å²) in [5, 5.41) is 4.13. The third-order valence-electron chi connectivity index (χ3n) is 4.23. The van der Waals surface area contributed by atoms with Crippen molar-refractivity contribution in [1.82, 2.24) is 19.7 Å². The van der Waals surface area contributed by atoms with Crippen molar-refractivity contribution in [3.63, 3.8) is 0 Å². The van der Waals surface area contributed by atoms with E-state index in [2.05, 4.69) is 10.1 Å². The van der Waals surface area contributed by atoms with Gasteiger partial charge in [0.1, 0.15) is 30.6 Å². The molecule has 0 saturated carbocycles. The van der Waals surface area contributed by atoms with Crippen LogP contribution < -0.4 is 0 Å².